The lowest BCUT2D eigenvalue weighted by Crippen LogP contribution is -2.46. The molecule has 0 spiro atoms. The summed E-state index contributed by atoms with van der Waals surface area (Å²) in [7, 11) is 0. The van der Waals surface area contributed by atoms with E-state index in [0.717, 1.165) is 59.9 Å². The molecule has 8 heteroatoms. The molecule has 1 saturated heterocycles. The van der Waals surface area contributed by atoms with Crippen molar-refractivity contribution in [3.8, 4) is 0 Å². The van der Waals surface area contributed by atoms with Gasteiger partial charge in [0.1, 0.15) is 0 Å². The van der Waals surface area contributed by atoms with Gasteiger partial charge in [-0.05, 0) is 36.8 Å². The van der Waals surface area contributed by atoms with Gasteiger partial charge in [-0.3, -0.25) is 4.90 Å². The first-order chi connectivity index (χ1) is 11.7. The van der Waals surface area contributed by atoms with Crippen LogP contribution in [0.3, 0.4) is 0 Å². The number of benzene rings is 1. The Labute approximate surface area is 156 Å². The molecule has 1 N–H and O–H groups in total. The molecule has 130 valence electrons. The van der Waals surface area contributed by atoms with Crippen molar-refractivity contribution in [2.24, 2.45) is 0 Å². The van der Waals surface area contributed by atoms with Crippen LogP contribution in [-0.2, 0) is 6.67 Å². The maximum atomic E-state index is 6.09. The number of piperazine rings is 1. The number of rotatable bonds is 6. The first kappa shape index (κ1) is 17.7. The van der Waals surface area contributed by atoms with Gasteiger partial charge in [0.25, 0.3) is 0 Å². The van der Waals surface area contributed by atoms with Gasteiger partial charge in [-0.1, -0.05) is 35.9 Å². The highest BCUT2D eigenvalue weighted by molar-refractivity contribution is 7.73. The second kappa shape index (κ2) is 8.29. The molecule has 2 heterocycles. The van der Waals surface area contributed by atoms with Crippen LogP contribution < -0.4 is 10.2 Å². The van der Waals surface area contributed by atoms with E-state index in [1.807, 2.05) is 22.9 Å². The molecule has 1 aromatic heterocycles. The molecule has 0 atom stereocenters. The minimum Gasteiger partial charge on any atom is -0.369 e. The van der Waals surface area contributed by atoms with E-state index in [9.17, 15) is 0 Å². The van der Waals surface area contributed by atoms with Crippen LogP contribution in [0.15, 0.2) is 24.3 Å². The van der Waals surface area contributed by atoms with Crippen molar-refractivity contribution >= 4 is 46.0 Å². The van der Waals surface area contributed by atoms with E-state index in [0.29, 0.717) is 0 Å². The van der Waals surface area contributed by atoms with Gasteiger partial charge in [0, 0.05) is 43.4 Å². The molecule has 0 radical (unpaired) electrons. The number of aromatic nitrogens is 2. The van der Waals surface area contributed by atoms with E-state index in [1.165, 1.54) is 5.69 Å². The summed E-state index contributed by atoms with van der Waals surface area (Å²) in [5, 5.41) is 9.59. The molecular formula is C16H22ClN5S2. The van der Waals surface area contributed by atoms with Crippen LogP contribution in [0.4, 0.5) is 10.8 Å². The van der Waals surface area contributed by atoms with Crippen molar-refractivity contribution in [2.45, 2.75) is 20.0 Å². The molecule has 0 unspecified atom stereocenters. The average Bonchev–Trinajstić information content (AvgIpc) is 2.93. The summed E-state index contributed by atoms with van der Waals surface area (Å²) in [6.07, 6.45) is 1.08. The zero-order chi connectivity index (χ0) is 16.9. The Kier molecular flexibility index (Phi) is 6.10. The number of nitrogens with zero attached hydrogens (tertiary/aromatic N) is 4. The molecule has 3 rings (SSSR count). The van der Waals surface area contributed by atoms with Crippen molar-refractivity contribution in [1.29, 1.82) is 0 Å². The monoisotopic (exact) mass is 383 g/mol. The fraction of sp³-hybridized carbons (Fsp3) is 0.500. The lowest BCUT2D eigenvalue weighted by molar-refractivity contribution is 0.195. The van der Waals surface area contributed by atoms with Crippen LogP contribution in [-0.4, -0.2) is 47.4 Å². The molecule has 0 saturated carbocycles. The number of nitrogens with one attached hydrogen (secondary N) is 1. The summed E-state index contributed by atoms with van der Waals surface area (Å²) in [5.74, 6) is 0. The first-order valence-corrected chi connectivity index (χ1v) is 9.80. The van der Waals surface area contributed by atoms with E-state index in [2.05, 4.69) is 33.2 Å². The highest BCUT2D eigenvalue weighted by Gasteiger charge is 2.18. The second-order valence-corrected chi connectivity index (χ2v) is 7.88. The Morgan fingerprint density at radius 3 is 2.79 bits per heavy atom. The largest absolute Gasteiger partial charge is 0.369 e. The first-order valence-electron chi connectivity index (χ1n) is 8.20. The third kappa shape index (κ3) is 4.47. The third-order valence-electron chi connectivity index (χ3n) is 4.01. The molecule has 0 bridgehead atoms. The van der Waals surface area contributed by atoms with E-state index < -0.39 is 0 Å². The number of hydrogen-bond donors (Lipinski definition) is 1. The molecule has 5 nitrogen and oxygen atoms in total. The van der Waals surface area contributed by atoms with E-state index in [4.69, 9.17) is 23.8 Å². The molecule has 1 fully saturated rings. The van der Waals surface area contributed by atoms with Gasteiger partial charge in [0.2, 0.25) is 5.13 Å². The summed E-state index contributed by atoms with van der Waals surface area (Å²) in [6.45, 7) is 7.78. The zero-order valence-corrected chi connectivity index (χ0v) is 16.1. The minimum absolute atomic E-state index is 0.756. The number of halogens is 1. The van der Waals surface area contributed by atoms with Gasteiger partial charge in [0.15, 0.2) is 3.95 Å². The van der Waals surface area contributed by atoms with Crippen LogP contribution in [0.2, 0.25) is 5.02 Å². The van der Waals surface area contributed by atoms with Crippen molar-refractivity contribution < 1.29 is 0 Å². The maximum Gasteiger partial charge on any atom is 0.204 e. The Hall–Kier alpha value is -1.15. The zero-order valence-electron chi connectivity index (χ0n) is 13.7. The molecule has 0 aliphatic carbocycles. The Morgan fingerprint density at radius 2 is 2.08 bits per heavy atom. The molecule has 2 aromatic rings. The smallest absolute Gasteiger partial charge is 0.204 e. The lowest BCUT2D eigenvalue weighted by atomic mass is 10.2. The lowest BCUT2D eigenvalue weighted by Gasteiger charge is -2.35. The van der Waals surface area contributed by atoms with Crippen LogP contribution in [0.1, 0.15) is 13.3 Å². The fourth-order valence-corrected chi connectivity index (χ4v) is 3.91. The topological polar surface area (TPSA) is 36.3 Å². The number of anilines is 2. The summed E-state index contributed by atoms with van der Waals surface area (Å²) in [5.41, 5.74) is 1.19. The normalized spacial score (nSPS) is 15.7. The van der Waals surface area contributed by atoms with Crippen LogP contribution in [0, 0.1) is 3.95 Å². The van der Waals surface area contributed by atoms with Gasteiger partial charge in [0.05, 0.1) is 6.67 Å². The quantitative estimate of drug-likeness (QED) is 0.765. The Balaban J connectivity index is 1.56. The average molecular weight is 384 g/mol. The molecule has 1 aliphatic rings. The van der Waals surface area contributed by atoms with E-state index >= 15 is 0 Å². The summed E-state index contributed by atoms with van der Waals surface area (Å²) >= 11 is 13.1. The van der Waals surface area contributed by atoms with Crippen LogP contribution >= 0.6 is 35.2 Å². The van der Waals surface area contributed by atoms with Crippen molar-refractivity contribution in [3.05, 3.63) is 33.2 Å². The second-order valence-electron chi connectivity index (χ2n) is 5.83. The Morgan fingerprint density at radius 1 is 1.29 bits per heavy atom. The molecule has 1 aliphatic heterocycles. The summed E-state index contributed by atoms with van der Waals surface area (Å²) in [4.78, 5) is 4.76. The predicted octanol–water partition coefficient (Wildman–Crippen LogP) is 3.93. The standard InChI is InChI=1S/C16H22ClN5S2/c1-2-6-18-15-19-22(16(23)24-15)12-20-7-9-21(10-8-20)14-5-3-4-13(17)11-14/h3-5,11H,2,6-10,12H2,1H3,(H,18,19). The highest BCUT2D eigenvalue weighted by Crippen LogP contribution is 2.21. The van der Waals surface area contributed by atoms with Crippen molar-refractivity contribution in [3.63, 3.8) is 0 Å². The molecule has 0 amide bonds. The van der Waals surface area contributed by atoms with E-state index in [-0.39, 0.29) is 0 Å². The van der Waals surface area contributed by atoms with Gasteiger partial charge in [-0.25, -0.2) is 4.68 Å². The van der Waals surface area contributed by atoms with Crippen molar-refractivity contribution in [2.75, 3.05) is 42.9 Å². The third-order valence-corrected chi connectivity index (χ3v) is 5.51. The van der Waals surface area contributed by atoms with Gasteiger partial charge < -0.3 is 10.2 Å². The molecular weight excluding hydrogens is 362 g/mol. The summed E-state index contributed by atoms with van der Waals surface area (Å²) < 4.78 is 2.75. The maximum absolute atomic E-state index is 6.09. The molecule has 1 aromatic carbocycles. The summed E-state index contributed by atoms with van der Waals surface area (Å²) in [6, 6.07) is 8.06. The van der Waals surface area contributed by atoms with Crippen LogP contribution in [0.25, 0.3) is 0 Å². The predicted molar refractivity (Wildman–Crippen MR) is 105 cm³/mol. The van der Waals surface area contributed by atoms with Gasteiger partial charge in [-0.2, -0.15) is 0 Å². The highest BCUT2D eigenvalue weighted by atomic mass is 35.5. The van der Waals surface area contributed by atoms with E-state index in [1.54, 1.807) is 11.3 Å². The van der Waals surface area contributed by atoms with Crippen LogP contribution in [0.5, 0.6) is 0 Å². The SMILES string of the molecule is CCCNc1nn(CN2CCN(c3cccc(Cl)c3)CC2)c(=S)s1. The van der Waals surface area contributed by atoms with Gasteiger partial charge >= 0.3 is 0 Å². The van der Waals surface area contributed by atoms with Crippen molar-refractivity contribution in [1.82, 2.24) is 14.7 Å². The fourth-order valence-electron chi connectivity index (χ4n) is 2.71. The Bertz CT molecular complexity index is 721. The van der Waals surface area contributed by atoms with Gasteiger partial charge in [-0.15, -0.1) is 5.10 Å². The molecule has 24 heavy (non-hydrogen) atoms. The minimum atomic E-state index is 0.756. The number of hydrogen-bond acceptors (Lipinski definition) is 6.